The number of benzene rings is 1. The van der Waals surface area contributed by atoms with Gasteiger partial charge in [-0.3, -0.25) is 4.21 Å². The molecule has 2 saturated carbocycles. The lowest BCUT2D eigenvalue weighted by Gasteiger charge is -2.53. The zero-order valence-electron chi connectivity index (χ0n) is 26.4. The van der Waals surface area contributed by atoms with Gasteiger partial charge in [-0.25, -0.2) is 0 Å². The minimum absolute atomic E-state index is 0.0475. The normalized spacial score (nSPS) is 29.1. The number of fused-ring (bicyclic) bond motifs is 5. The first-order valence-electron chi connectivity index (χ1n) is 16.5. The third-order valence-electron chi connectivity index (χ3n) is 10.8. The Hall–Kier alpha value is -1.27. The monoisotopic (exact) mass is 684 g/mol. The van der Waals surface area contributed by atoms with Gasteiger partial charge in [-0.05, 0) is 104 Å². The fourth-order valence-corrected chi connectivity index (χ4v) is 10.1. The molecule has 2 fully saturated rings. The fraction of sp³-hybridized carbons (Fsp3) is 0.818. The summed E-state index contributed by atoms with van der Waals surface area (Å²) in [4.78, 5) is 0. The van der Waals surface area contributed by atoms with Crippen molar-refractivity contribution in [3.8, 4) is 5.75 Å². The van der Waals surface area contributed by atoms with Crippen LogP contribution in [0.4, 0.5) is 22.0 Å². The number of unbranched alkanes of at least 4 members (excludes halogenated alkanes) is 6. The van der Waals surface area contributed by atoms with Crippen LogP contribution in [0.5, 0.6) is 5.75 Å². The molecule has 4 rings (SSSR count). The largest absolute Gasteiger partial charge is 0.453 e. The van der Waals surface area contributed by atoms with Gasteiger partial charge in [-0.1, -0.05) is 51.5 Å². The Kier molecular flexibility index (Phi) is 12.1. The maximum absolute atomic E-state index is 13.0. The lowest BCUT2D eigenvalue weighted by atomic mass is 9.52. The second kappa shape index (κ2) is 14.9. The highest BCUT2D eigenvalue weighted by Crippen LogP contribution is 2.62. The molecular weight excluding hydrogens is 635 g/mol. The average molecular weight is 685 g/mol. The highest BCUT2D eigenvalue weighted by atomic mass is 32.2. The smallest absolute Gasteiger partial charge is 0.393 e. The molecule has 0 spiro atoms. The van der Waals surface area contributed by atoms with Gasteiger partial charge in [0.2, 0.25) is 0 Å². The Labute approximate surface area is 267 Å². The molecule has 3 aliphatic rings. The van der Waals surface area contributed by atoms with E-state index >= 15 is 0 Å². The Balaban J connectivity index is 1.22. The average Bonchev–Trinajstić information content (AvgIpc) is 3.24. The first-order valence-corrected chi connectivity index (χ1v) is 19.8. The van der Waals surface area contributed by atoms with Crippen LogP contribution in [-0.4, -0.2) is 53.7 Å². The van der Waals surface area contributed by atoms with Crippen LogP contribution in [0.3, 0.4) is 0 Å². The Morgan fingerprint density at radius 3 is 2.27 bits per heavy atom. The van der Waals surface area contributed by atoms with Gasteiger partial charge >= 0.3 is 22.2 Å². The summed E-state index contributed by atoms with van der Waals surface area (Å²) in [7, 11) is -5.00. The molecule has 7 atom stereocenters. The van der Waals surface area contributed by atoms with Crippen LogP contribution in [0.25, 0.3) is 0 Å². The number of aliphatic hydroxyl groups excluding tert-OH is 1. The van der Waals surface area contributed by atoms with Gasteiger partial charge in [0.1, 0.15) is 5.75 Å². The Bertz CT molecular complexity index is 1270. The van der Waals surface area contributed by atoms with E-state index in [-0.39, 0.29) is 17.3 Å². The summed E-state index contributed by atoms with van der Waals surface area (Å²) in [5, 5.41) is 10.9. The van der Waals surface area contributed by atoms with Crippen LogP contribution >= 0.6 is 0 Å². The van der Waals surface area contributed by atoms with Crippen molar-refractivity contribution in [2.24, 2.45) is 23.2 Å². The molecule has 5 nitrogen and oxygen atoms in total. The molecule has 0 radical (unpaired) electrons. The zero-order chi connectivity index (χ0) is 33.0. The summed E-state index contributed by atoms with van der Waals surface area (Å²) in [6.07, 6.45) is 6.14. The van der Waals surface area contributed by atoms with Gasteiger partial charge in [0.15, 0.2) is 0 Å². The van der Waals surface area contributed by atoms with Crippen molar-refractivity contribution in [2.75, 3.05) is 17.8 Å². The molecule has 3 aliphatic carbocycles. The van der Waals surface area contributed by atoms with Crippen molar-refractivity contribution in [3.63, 3.8) is 0 Å². The maximum atomic E-state index is 13.0. The van der Waals surface area contributed by atoms with E-state index in [9.17, 15) is 39.7 Å². The summed E-state index contributed by atoms with van der Waals surface area (Å²) in [5.74, 6) is -2.34. The lowest BCUT2D eigenvalue weighted by Crippen LogP contribution is -2.47. The number of aliphatic hydroxyl groups is 1. The van der Waals surface area contributed by atoms with Crippen LogP contribution in [0.2, 0.25) is 0 Å². The molecule has 45 heavy (non-hydrogen) atoms. The predicted octanol–water partition coefficient (Wildman–Crippen LogP) is 8.32. The van der Waals surface area contributed by atoms with Gasteiger partial charge in [-0.2, -0.15) is 30.4 Å². The van der Waals surface area contributed by atoms with Crippen molar-refractivity contribution in [1.82, 2.24) is 0 Å². The topological polar surface area (TPSA) is 80.7 Å². The van der Waals surface area contributed by atoms with Crippen LogP contribution in [-0.2, 0) is 27.3 Å². The minimum Gasteiger partial charge on any atom is -0.393 e. The first kappa shape index (κ1) is 36.6. The molecule has 1 unspecified atom stereocenters. The third-order valence-corrected chi connectivity index (χ3v) is 12.8. The molecule has 0 heterocycles. The van der Waals surface area contributed by atoms with Crippen molar-refractivity contribution < 1.29 is 43.9 Å². The summed E-state index contributed by atoms with van der Waals surface area (Å²) >= 11 is 0. The van der Waals surface area contributed by atoms with Gasteiger partial charge < -0.3 is 9.29 Å². The van der Waals surface area contributed by atoms with Gasteiger partial charge in [0.25, 0.3) is 0 Å². The fourth-order valence-electron chi connectivity index (χ4n) is 8.50. The van der Waals surface area contributed by atoms with Gasteiger partial charge in [0.05, 0.1) is 12.4 Å². The lowest BCUT2D eigenvalue weighted by molar-refractivity contribution is -0.284. The molecule has 1 N–H and O–H groups in total. The zero-order valence-corrected chi connectivity index (χ0v) is 28.1. The Morgan fingerprint density at radius 2 is 1.60 bits per heavy atom. The van der Waals surface area contributed by atoms with E-state index in [1.165, 1.54) is 11.1 Å². The quantitative estimate of drug-likeness (QED) is 0.108. The summed E-state index contributed by atoms with van der Waals surface area (Å²) < 4.78 is 103. The second-order valence-corrected chi connectivity index (χ2v) is 17.2. The number of alkyl halides is 5. The molecule has 12 heteroatoms. The second-order valence-electron chi connectivity index (χ2n) is 14.0. The molecule has 0 aliphatic heterocycles. The van der Waals surface area contributed by atoms with E-state index < -0.39 is 45.9 Å². The van der Waals surface area contributed by atoms with Crippen LogP contribution < -0.4 is 4.18 Å². The van der Waals surface area contributed by atoms with Crippen molar-refractivity contribution in [3.05, 3.63) is 29.3 Å². The third kappa shape index (κ3) is 9.21. The summed E-state index contributed by atoms with van der Waals surface area (Å²) in [6, 6.07) is 5.73. The number of rotatable bonds is 16. The van der Waals surface area contributed by atoms with E-state index in [2.05, 4.69) is 13.0 Å². The van der Waals surface area contributed by atoms with Crippen LogP contribution in [0, 0.1) is 23.2 Å². The van der Waals surface area contributed by atoms with E-state index in [1.807, 2.05) is 6.07 Å². The minimum atomic E-state index is -5.56. The van der Waals surface area contributed by atoms with Crippen molar-refractivity contribution in [2.45, 2.75) is 127 Å². The van der Waals surface area contributed by atoms with E-state index in [0.717, 1.165) is 83.3 Å². The van der Waals surface area contributed by atoms with Crippen molar-refractivity contribution in [1.29, 1.82) is 0 Å². The molecule has 1 aromatic carbocycles. The highest BCUT2D eigenvalue weighted by Gasteiger charge is 2.57. The summed E-state index contributed by atoms with van der Waals surface area (Å²) in [5.41, 5.74) is 2.44. The van der Waals surface area contributed by atoms with E-state index in [0.29, 0.717) is 41.6 Å². The molecule has 0 aromatic heterocycles. The van der Waals surface area contributed by atoms with Gasteiger partial charge in [0, 0.05) is 28.7 Å². The molecule has 0 bridgehead atoms. The maximum Gasteiger partial charge on any atom is 0.453 e. The molecule has 1 aromatic rings. The van der Waals surface area contributed by atoms with Crippen LogP contribution in [0.15, 0.2) is 18.2 Å². The van der Waals surface area contributed by atoms with E-state index in [1.54, 1.807) is 6.07 Å². The van der Waals surface area contributed by atoms with E-state index in [4.69, 9.17) is 4.18 Å². The number of hydrogen-bond acceptors (Lipinski definition) is 5. The highest BCUT2D eigenvalue weighted by molar-refractivity contribution is 7.86. The number of hydrogen-bond donors (Lipinski definition) is 1. The SMILES string of the molecule is C[C@]12CC[C@@H]3c4ccc(OS(C)(=O)=O)cc4C[C@@H](CCCCCCCCCS(=O)CCCC(F)(F)C(F)(F)F)[C@H]3[C@@H]1CC[C@@H]2O. The number of halogens is 5. The molecule has 258 valence electrons. The predicted molar refractivity (Wildman–Crippen MR) is 166 cm³/mol. The van der Waals surface area contributed by atoms with Crippen LogP contribution in [0.1, 0.15) is 114 Å². The summed E-state index contributed by atoms with van der Waals surface area (Å²) in [6.45, 7) is 2.27. The molecule has 0 amide bonds. The molecular formula is C33H49F5O5S2. The van der Waals surface area contributed by atoms with Crippen molar-refractivity contribution >= 4 is 20.9 Å². The Morgan fingerprint density at radius 1 is 0.956 bits per heavy atom. The van der Waals surface area contributed by atoms with Gasteiger partial charge in [-0.15, -0.1) is 0 Å². The first-order chi connectivity index (χ1) is 21.0. The standard InChI is InChI=1S/C33H49F5O5S2/c1-31-18-16-27-26-13-12-25(43-45(2,41)42)22-24(26)21-23(30(27)28(31)14-15-29(31)39)11-8-6-4-3-5-7-9-19-44(40)20-10-17-32(34,35)33(36,37)38/h12-13,22-23,27-30,39H,3-11,14-21H2,1-2H3/t23-,27-,28+,29+,30-,31+,44?/m1/s1. The molecule has 0 saturated heterocycles.